The fraction of sp³-hybridized carbons (Fsp3) is 0.938. The first-order chi connectivity index (χ1) is 26.7. The van der Waals surface area contributed by atoms with E-state index in [9.17, 15) is 14.4 Å². The van der Waals surface area contributed by atoms with Crippen molar-refractivity contribution in [1.82, 2.24) is 15.1 Å². The van der Waals surface area contributed by atoms with Crippen LogP contribution in [-0.4, -0.2) is 73.0 Å². The lowest BCUT2D eigenvalue weighted by molar-refractivity contribution is -0.157. The summed E-state index contributed by atoms with van der Waals surface area (Å²) in [6.07, 6.45) is 36.1. The Balaban J connectivity index is 2.79. The molecule has 0 saturated heterocycles. The van der Waals surface area contributed by atoms with Crippen LogP contribution >= 0.6 is 0 Å². The molecule has 0 aromatic rings. The Morgan fingerprint density at radius 2 is 1.02 bits per heavy atom. The third-order valence-corrected chi connectivity index (χ3v) is 12.2. The molecule has 1 unspecified atom stereocenters. The third-order valence-electron chi connectivity index (χ3n) is 12.2. The monoisotopic (exact) mass is 776 g/mol. The van der Waals surface area contributed by atoms with Gasteiger partial charge in [0.1, 0.15) is 11.6 Å². The van der Waals surface area contributed by atoms with Crippen LogP contribution in [0.3, 0.4) is 0 Å². The number of unbranched alkanes of at least 4 members (excludes halogenated alkanes) is 19. The zero-order chi connectivity index (χ0) is 40.4. The Morgan fingerprint density at radius 1 is 0.564 bits per heavy atom. The maximum atomic E-state index is 14.6. The second-order valence-electron chi connectivity index (χ2n) is 17.6. The second kappa shape index (κ2) is 34.4. The van der Waals surface area contributed by atoms with Crippen molar-refractivity contribution in [1.29, 1.82) is 0 Å². The molecule has 1 atom stereocenters. The van der Waals surface area contributed by atoms with Crippen LogP contribution in [0.4, 0.5) is 0 Å². The van der Waals surface area contributed by atoms with Gasteiger partial charge in [-0.1, -0.05) is 156 Å². The molecule has 7 nitrogen and oxygen atoms in total. The summed E-state index contributed by atoms with van der Waals surface area (Å²) in [5.41, 5.74) is -0.731. The van der Waals surface area contributed by atoms with E-state index in [2.05, 4.69) is 52.0 Å². The smallest absolute Gasteiger partial charge is 0.306 e. The van der Waals surface area contributed by atoms with Crippen LogP contribution in [-0.2, 0) is 19.1 Å². The fourth-order valence-electron chi connectivity index (χ4n) is 8.38. The zero-order valence-electron chi connectivity index (χ0n) is 37.6. The average molecular weight is 776 g/mol. The van der Waals surface area contributed by atoms with Crippen LogP contribution in [0.15, 0.2) is 0 Å². The van der Waals surface area contributed by atoms with E-state index in [1.54, 1.807) is 0 Å². The Morgan fingerprint density at radius 3 is 1.47 bits per heavy atom. The first-order valence-electron chi connectivity index (χ1n) is 24.2. The van der Waals surface area contributed by atoms with Crippen LogP contribution in [0.2, 0.25) is 0 Å². The minimum absolute atomic E-state index is 0.00427. The van der Waals surface area contributed by atoms with Gasteiger partial charge in [0.05, 0.1) is 0 Å². The third kappa shape index (κ3) is 24.0. The molecule has 1 aliphatic carbocycles. The van der Waals surface area contributed by atoms with E-state index < -0.39 is 5.54 Å². The average Bonchev–Trinajstić information content (AvgIpc) is 3.14. The highest BCUT2D eigenvalue weighted by Crippen LogP contribution is 2.40. The van der Waals surface area contributed by atoms with Gasteiger partial charge in [-0.15, -0.1) is 0 Å². The normalized spacial score (nSPS) is 14.3. The molecule has 324 valence electrons. The highest BCUT2D eigenvalue weighted by molar-refractivity contribution is 5.93. The topological polar surface area (TPSA) is 79.0 Å². The minimum Gasteiger partial charge on any atom is -0.462 e. The minimum atomic E-state index is -0.731. The van der Waals surface area contributed by atoms with Crippen molar-refractivity contribution in [2.45, 2.75) is 251 Å². The lowest BCUT2D eigenvalue weighted by Gasteiger charge is -2.50. The number of nitrogens with zero attached hydrogens (tertiary/aromatic N) is 2. The molecule has 1 rings (SSSR count). The SMILES string of the molecule is CCCCCCCCC(CCCCCCCC)OC(=O)CCCCNC(=O)C1(N(CCCN(C)C)C(=O)C(CCCCCC)CCCCCCCC)CCC1. The van der Waals surface area contributed by atoms with Crippen molar-refractivity contribution < 1.29 is 19.1 Å². The number of hydrogen-bond acceptors (Lipinski definition) is 5. The van der Waals surface area contributed by atoms with Crippen molar-refractivity contribution in [2.24, 2.45) is 5.92 Å². The van der Waals surface area contributed by atoms with E-state index >= 15 is 0 Å². The van der Waals surface area contributed by atoms with Gasteiger partial charge in [-0.25, -0.2) is 0 Å². The molecule has 0 aliphatic heterocycles. The second-order valence-corrected chi connectivity index (χ2v) is 17.6. The fourth-order valence-corrected chi connectivity index (χ4v) is 8.38. The summed E-state index contributed by atoms with van der Waals surface area (Å²) in [6.45, 7) is 11.1. The molecule has 0 aromatic carbocycles. The Hall–Kier alpha value is -1.63. The van der Waals surface area contributed by atoms with Crippen LogP contribution in [0.1, 0.15) is 240 Å². The van der Waals surface area contributed by atoms with Crippen molar-refractivity contribution in [3.63, 3.8) is 0 Å². The molecule has 1 aliphatic rings. The Labute approximate surface area is 342 Å². The predicted octanol–water partition coefficient (Wildman–Crippen LogP) is 12.7. The van der Waals surface area contributed by atoms with Gasteiger partial charge in [0.2, 0.25) is 11.8 Å². The van der Waals surface area contributed by atoms with Gasteiger partial charge < -0.3 is 19.9 Å². The molecule has 0 radical (unpaired) electrons. The summed E-state index contributed by atoms with van der Waals surface area (Å²) in [6, 6.07) is 0. The molecular weight excluding hydrogens is 683 g/mol. The van der Waals surface area contributed by atoms with E-state index in [0.29, 0.717) is 25.9 Å². The number of ether oxygens (including phenoxy) is 1. The van der Waals surface area contributed by atoms with E-state index in [-0.39, 0.29) is 29.8 Å². The summed E-state index contributed by atoms with van der Waals surface area (Å²) in [5, 5.41) is 3.25. The van der Waals surface area contributed by atoms with Crippen molar-refractivity contribution in [3.05, 3.63) is 0 Å². The van der Waals surface area contributed by atoms with Crippen molar-refractivity contribution >= 4 is 17.8 Å². The largest absolute Gasteiger partial charge is 0.462 e. The number of esters is 1. The lowest BCUT2D eigenvalue weighted by atomic mass is 9.73. The maximum Gasteiger partial charge on any atom is 0.306 e. The van der Waals surface area contributed by atoms with Crippen LogP contribution in [0.25, 0.3) is 0 Å². The van der Waals surface area contributed by atoms with E-state index in [4.69, 9.17) is 4.74 Å². The first-order valence-corrected chi connectivity index (χ1v) is 24.2. The summed E-state index contributed by atoms with van der Waals surface area (Å²) in [5.74, 6) is 0.154. The summed E-state index contributed by atoms with van der Waals surface area (Å²) < 4.78 is 6.07. The van der Waals surface area contributed by atoms with E-state index in [1.807, 2.05) is 4.90 Å². The molecule has 1 fully saturated rings. The van der Waals surface area contributed by atoms with Gasteiger partial charge in [-0.3, -0.25) is 14.4 Å². The highest BCUT2D eigenvalue weighted by atomic mass is 16.5. The molecule has 0 aromatic heterocycles. The lowest BCUT2D eigenvalue weighted by Crippen LogP contribution is -2.65. The zero-order valence-corrected chi connectivity index (χ0v) is 37.6. The van der Waals surface area contributed by atoms with Gasteiger partial charge in [0.25, 0.3) is 0 Å². The van der Waals surface area contributed by atoms with Gasteiger partial charge in [0, 0.05) is 25.4 Å². The summed E-state index contributed by atoms with van der Waals surface area (Å²) in [4.78, 5) is 45.8. The predicted molar refractivity (Wildman–Crippen MR) is 234 cm³/mol. The highest BCUT2D eigenvalue weighted by Gasteiger charge is 2.51. The Kier molecular flexibility index (Phi) is 32.2. The molecule has 55 heavy (non-hydrogen) atoms. The molecule has 1 N–H and O–H groups in total. The van der Waals surface area contributed by atoms with E-state index in [1.165, 1.54) is 116 Å². The summed E-state index contributed by atoms with van der Waals surface area (Å²) >= 11 is 0. The molecule has 1 saturated carbocycles. The number of carbonyl (C=O) groups excluding carboxylic acids is 3. The number of nitrogens with one attached hydrogen (secondary N) is 1. The molecule has 2 amide bonds. The molecule has 0 spiro atoms. The molecule has 0 heterocycles. The number of rotatable bonds is 39. The summed E-state index contributed by atoms with van der Waals surface area (Å²) in [7, 11) is 4.16. The van der Waals surface area contributed by atoms with Crippen LogP contribution < -0.4 is 5.32 Å². The molecular formula is C48H93N3O4. The number of amides is 2. The van der Waals surface area contributed by atoms with Gasteiger partial charge >= 0.3 is 5.97 Å². The van der Waals surface area contributed by atoms with Crippen molar-refractivity contribution in [3.8, 4) is 0 Å². The number of carbonyl (C=O) groups is 3. The van der Waals surface area contributed by atoms with Gasteiger partial charge in [0.15, 0.2) is 0 Å². The standard InChI is InChI=1S/C48H93N3O4/c1-7-11-15-19-22-26-34-43(33-25-18-14-10-4)46(53)51(42-32-41-50(5)6)48(38-31-39-48)47(54)49-40-30-29-37-45(52)55-44(35-27-23-20-16-12-8-2)36-28-24-21-17-13-9-3/h43-44H,7-42H2,1-6H3,(H,49,54). The molecule has 7 heteroatoms. The Bertz CT molecular complexity index is 920. The maximum absolute atomic E-state index is 14.6. The first kappa shape index (κ1) is 51.4. The quantitative estimate of drug-likeness (QED) is 0.0497. The van der Waals surface area contributed by atoms with Gasteiger partial charge in [-0.05, 0) is 97.7 Å². The number of hydrogen-bond donors (Lipinski definition) is 1. The van der Waals surface area contributed by atoms with Crippen molar-refractivity contribution in [2.75, 3.05) is 33.7 Å². The molecule has 0 bridgehead atoms. The van der Waals surface area contributed by atoms with E-state index in [0.717, 1.165) is 90.0 Å². The van der Waals surface area contributed by atoms with Crippen LogP contribution in [0, 0.1) is 5.92 Å². The van der Waals surface area contributed by atoms with Crippen LogP contribution in [0.5, 0.6) is 0 Å². The van der Waals surface area contributed by atoms with Gasteiger partial charge in [-0.2, -0.15) is 0 Å².